The van der Waals surface area contributed by atoms with Crippen molar-refractivity contribution in [2.45, 2.75) is 18.4 Å². The van der Waals surface area contributed by atoms with Crippen LogP contribution in [0.1, 0.15) is 16.8 Å². The first-order valence-corrected chi connectivity index (χ1v) is 10.3. The maximum atomic E-state index is 14.6. The number of amides is 1. The van der Waals surface area contributed by atoms with E-state index in [4.69, 9.17) is 4.74 Å². The predicted octanol–water partition coefficient (Wildman–Crippen LogP) is 3.20. The van der Waals surface area contributed by atoms with Crippen LogP contribution >= 0.6 is 11.3 Å². The van der Waals surface area contributed by atoms with Gasteiger partial charge in [-0.25, -0.2) is 18.7 Å². The number of rotatable bonds is 4. The van der Waals surface area contributed by atoms with Gasteiger partial charge in [-0.05, 0) is 24.3 Å². The molecule has 0 spiro atoms. The van der Waals surface area contributed by atoms with Gasteiger partial charge < -0.3 is 9.64 Å². The number of halogens is 2. The molecule has 4 aromatic rings. The predicted molar refractivity (Wildman–Crippen MR) is 109 cm³/mol. The van der Waals surface area contributed by atoms with Gasteiger partial charge in [-0.2, -0.15) is 15.0 Å². The zero-order valence-electron chi connectivity index (χ0n) is 16.1. The van der Waals surface area contributed by atoms with Gasteiger partial charge in [0.25, 0.3) is 17.0 Å². The second-order valence-electron chi connectivity index (χ2n) is 7.01. The van der Waals surface area contributed by atoms with E-state index < -0.39 is 18.4 Å². The summed E-state index contributed by atoms with van der Waals surface area (Å²) < 4.78 is 34.8. The number of pyridine rings is 1. The van der Waals surface area contributed by atoms with E-state index in [2.05, 4.69) is 20.2 Å². The van der Waals surface area contributed by atoms with Crippen LogP contribution in [0, 0.1) is 0 Å². The Kier molecular flexibility index (Phi) is 4.81. The van der Waals surface area contributed by atoms with Crippen LogP contribution in [-0.2, 0) is 0 Å². The maximum absolute atomic E-state index is 14.6. The van der Waals surface area contributed by atoms with Gasteiger partial charge in [-0.3, -0.25) is 4.79 Å². The van der Waals surface area contributed by atoms with Crippen molar-refractivity contribution >= 4 is 27.6 Å². The monoisotopic (exact) mass is 442 g/mol. The van der Waals surface area contributed by atoms with Crippen LogP contribution in [0.25, 0.3) is 16.0 Å². The zero-order valence-corrected chi connectivity index (χ0v) is 16.9. The molecule has 1 saturated heterocycles. The zero-order chi connectivity index (χ0) is 21.4. The van der Waals surface area contributed by atoms with E-state index in [0.717, 1.165) is 11.3 Å². The average molecular weight is 442 g/mol. The lowest BCUT2D eigenvalue weighted by Crippen LogP contribution is -2.55. The number of nitrogens with zero attached hydrogens (tertiary/aromatic N) is 6. The number of alkyl halides is 2. The van der Waals surface area contributed by atoms with Gasteiger partial charge in [0.1, 0.15) is 10.3 Å². The quantitative estimate of drug-likeness (QED) is 0.483. The van der Waals surface area contributed by atoms with Crippen molar-refractivity contribution in [1.82, 2.24) is 29.9 Å². The maximum Gasteiger partial charge on any atom is 0.287 e. The number of fused-ring (bicyclic) bond motifs is 1. The minimum Gasteiger partial charge on any atom is -0.458 e. The molecule has 158 valence electrons. The van der Waals surface area contributed by atoms with Crippen LogP contribution in [0.3, 0.4) is 0 Å². The largest absolute Gasteiger partial charge is 0.458 e. The molecule has 1 atom stereocenters. The fourth-order valence-corrected chi connectivity index (χ4v) is 4.24. The van der Waals surface area contributed by atoms with Gasteiger partial charge in [-0.15, -0.1) is 0 Å². The van der Waals surface area contributed by atoms with Gasteiger partial charge in [-0.1, -0.05) is 23.5 Å². The summed E-state index contributed by atoms with van der Waals surface area (Å²) in [5.74, 6) is -3.48. The molecule has 3 aromatic heterocycles. The van der Waals surface area contributed by atoms with E-state index >= 15 is 0 Å². The molecular weight excluding hydrogens is 426 g/mol. The number of benzene rings is 1. The third kappa shape index (κ3) is 3.72. The Morgan fingerprint density at radius 3 is 2.74 bits per heavy atom. The van der Waals surface area contributed by atoms with E-state index in [1.807, 2.05) is 0 Å². The Labute approximate surface area is 179 Å². The highest BCUT2D eigenvalue weighted by atomic mass is 32.1. The van der Waals surface area contributed by atoms with Crippen molar-refractivity contribution in [3.8, 4) is 10.9 Å². The normalized spacial score (nSPS) is 18.3. The average Bonchev–Trinajstić information content (AvgIpc) is 3.44. The van der Waals surface area contributed by atoms with E-state index in [0.29, 0.717) is 21.6 Å². The summed E-state index contributed by atoms with van der Waals surface area (Å²) >= 11 is 1.10. The molecule has 0 bridgehead atoms. The Bertz CT molecular complexity index is 1200. The molecule has 0 saturated carbocycles. The molecule has 1 unspecified atom stereocenters. The third-order valence-electron chi connectivity index (χ3n) is 5.02. The lowest BCUT2D eigenvalue weighted by molar-refractivity contribution is -0.130. The standard InChI is InChI=1S/C20H16F2N6O2S/c21-20(22)7-11-27(12-16(20)30-19-26-14-5-3-8-23-17(14)31-19)18(29)13-4-1-2-6-15(13)28-24-9-10-25-28/h1-6,8-10,16H,7,11-12H2. The summed E-state index contributed by atoms with van der Waals surface area (Å²) in [6.45, 7) is -0.357. The Balaban J connectivity index is 1.40. The molecule has 31 heavy (non-hydrogen) atoms. The number of carbonyl (C=O) groups is 1. The summed E-state index contributed by atoms with van der Waals surface area (Å²) in [5.41, 5.74) is 1.38. The second kappa shape index (κ2) is 7.65. The van der Waals surface area contributed by atoms with E-state index in [9.17, 15) is 13.6 Å². The summed E-state index contributed by atoms with van der Waals surface area (Å²) in [5, 5.41) is 8.24. The highest BCUT2D eigenvalue weighted by Gasteiger charge is 2.47. The molecule has 5 rings (SSSR count). The minimum absolute atomic E-state index is 0.0893. The van der Waals surface area contributed by atoms with Crippen molar-refractivity contribution in [3.05, 3.63) is 60.6 Å². The highest BCUT2D eigenvalue weighted by Crippen LogP contribution is 2.35. The number of ether oxygens (including phenoxy) is 1. The van der Waals surface area contributed by atoms with Crippen LogP contribution in [-0.4, -0.2) is 60.9 Å². The van der Waals surface area contributed by atoms with Gasteiger partial charge in [0.05, 0.1) is 30.2 Å². The number of carbonyl (C=O) groups excluding carboxylic acids is 1. The van der Waals surface area contributed by atoms with Gasteiger partial charge >= 0.3 is 0 Å². The van der Waals surface area contributed by atoms with Crippen molar-refractivity contribution < 1.29 is 18.3 Å². The first kappa shape index (κ1) is 19.5. The molecule has 1 aliphatic heterocycles. The smallest absolute Gasteiger partial charge is 0.287 e. The molecule has 1 aliphatic rings. The molecule has 4 heterocycles. The summed E-state index contributed by atoms with van der Waals surface area (Å²) in [6, 6.07) is 10.2. The first-order valence-electron chi connectivity index (χ1n) is 9.52. The lowest BCUT2D eigenvalue weighted by Gasteiger charge is -2.37. The molecule has 0 aliphatic carbocycles. The molecule has 8 nitrogen and oxygen atoms in total. The molecule has 1 aromatic carbocycles. The van der Waals surface area contributed by atoms with Crippen LogP contribution in [0.15, 0.2) is 55.0 Å². The second-order valence-corrected chi connectivity index (χ2v) is 7.95. The van der Waals surface area contributed by atoms with E-state index in [1.54, 1.807) is 42.6 Å². The number of para-hydroxylation sites is 1. The van der Waals surface area contributed by atoms with E-state index in [1.165, 1.54) is 22.1 Å². The van der Waals surface area contributed by atoms with Crippen LogP contribution in [0.2, 0.25) is 0 Å². The van der Waals surface area contributed by atoms with Crippen LogP contribution in [0.4, 0.5) is 8.78 Å². The first-order chi connectivity index (χ1) is 15.0. The Morgan fingerprint density at radius 1 is 1.13 bits per heavy atom. The summed E-state index contributed by atoms with van der Waals surface area (Å²) in [6.07, 6.45) is 2.58. The topological polar surface area (TPSA) is 86.0 Å². The van der Waals surface area contributed by atoms with Gasteiger partial charge in [0.2, 0.25) is 0 Å². The summed E-state index contributed by atoms with van der Waals surface area (Å²) in [7, 11) is 0. The Hall–Kier alpha value is -3.47. The lowest BCUT2D eigenvalue weighted by atomic mass is 10.0. The van der Waals surface area contributed by atoms with Crippen molar-refractivity contribution in [2.24, 2.45) is 0 Å². The number of thiazole rings is 1. The van der Waals surface area contributed by atoms with Crippen molar-refractivity contribution in [3.63, 3.8) is 0 Å². The van der Waals surface area contributed by atoms with Gasteiger partial charge in [0, 0.05) is 19.2 Å². The number of hydrogen-bond acceptors (Lipinski definition) is 7. The third-order valence-corrected chi connectivity index (χ3v) is 5.89. The summed E-state index contributed by atoms with van der Waals surface area (Å²) in [4.78, 5) is 24.9. The molecule has 0 N–H and O–H groups in total. The fourth-order valence-electron chi connectivity index (χ4n) is 3.44. The number of aromatic nitrogens is 5. The van der Waals surface area contributed by atoms with Crippen molar-refractivity contribution in [2.75, 3.05) is 13.1 Å². The molecular formula is C20H16F2N6O2S. The van der Waals surface area contributed by atoms with E-state index in [-0.39, 0.29) is 24.2 Å². The number of hydrogen-bond donors (Lipinski definition) is 0. The fraction of sp³-hybridized carbons (Fsp3) is 0.250. The van der Waals surface area contributed by atoms with Crippen LogP contribution < -0.4 is 4.74 Å². The van der Waals surface area contributed by atoms with Gasteiger partial charge in [0.15, 0.2) is 6.10 Å². The number of piperidine rings is 1. The highest BCUT2D eigenvalue weighted by molar-refractivity contribution is 7.19. The molecule has 11 heteroatoms. The Morgan fingerprint density at radius 2 is 1.94 bits per heavy atom. The van der Waals surface area contributed by atoms with Crippen molar-refractivity contribution in [1.29, 1.82) is 0 Å². The minimum atomic E-state index is -3.09. The van der Waals surface area contributed by atoms with Crippen LogP contribution in [0.5, 0.6) is 5.19 Å². The SMILES string of the molecule is O=C(c1ccccc1-n1nccn1)N1CCC(F)(F)C(Oc2nc3cccnc3s2)C1. The number of likely N-dealkylation sites (tertiary alicyclic amines) is 1. The molecule has 1 amide bonds. The molecule has 0 radical (unpaired) electrons. The molecule has 1 fully saturated rings.